The summed E-state index contributed by atoms with van der Waals surface area (Å²) in [6.07, 6.45) is 10.5. The first-order chi connectivity index (χ1) is 24.1. The normalized spacial score (nSPS) is 24.6. The van der Waals surface area contributed by atoms with Gasteiger partial charge < -0.3 is 15.1 Å². The van der Waals surface area contributed by atoms with Crippen LogP contribution in [0, 0.1) is 12.3 Å². The van der Waals surface area contributed by atoms with E-state index in [0.29, 0.717) is 35.7 Å². The van der Waals surface area contributed by atoms with Crippen molar-refractivity contribution < 1.29 is 14.4 Å². The predicted molar refractivity (Wildman–Crippen MR) is 193 cm³/mol. The van der Waals surface area contributed by atoms with Crippen molar-refractivity contribution >= 4 is 23.4 Å². The number of nitrogens with one attached hydrogen (secondary N) is 2. The van der Waals surface area contributed by atoms with Gasteiger partial charge in [-0.1, -0.05) is 36.4 Å². The SMILES string of the molecule is Cc1c(N[C@@H]2C[C@H](c3ccc(C(=O)N4CCC5(CCC(c6ccc(C7CCC(=O)NC7=O)cc6)CC5)CC4)cc3)CN(C)C2)cnn(C)c1=O. The van der Waals surface area contributed by atoms with E-state index in [1.54, 1.807) is 13.2 Å². The molecule has 264 valence electrons. The monoisotopic (exact) mass is 678 g/mol. The number of hydrogen-bond acceptors (Lipinski definition) is 7. The van der Waals surface area contributed by atoms with E-state index in [4.69, 9.17) is 0 Å². The Hall–Kier alpha value is -4.31. The van der Waals surface area contributed by atoms with Crippen molar-refractivity contribution in [2.45, 2.75) is 88.5 Å². The molecule has 10 nitrogen and oxygen atoms in total. The van der Waals surface area contributed by atoms with Crippen molar-refractivity contribution in [1.82, 2.24) is 24.9 Å². The van der Waals surface area contributed by atoms with Crippen LogP contribution in [-0.2, 0) is 16.6 Å². The molecule has 3 aliphatic heterocycles. The fraction of sp³-hybridized carbons (Fsp3) is 0.525. The van der Waals surface area contributed by atoms with E-state index in [2.05, 4.69) is 69.0 Å². The van der Waals surface area contributed by atoms with Crippen LogP contribution in [-0.4, -0.2) is 76.6 Å². The highest BCUT2D eigenvalue weighted by molar-refractivity contribution is 6.01. The van der Waals surface area contributed by atoms with Gasteiger partial charge in [0, 0.05) is 56.8 Å². The number of carbonyl (C=O) groups is 3. The molecule has 0 bridgehead atoms. The summed E-state index contributed by atoms with van der Waals surface area (Å²) < 4.78 is 1.36. The topological polar surface area (TPSA) is 117 Å². The lowest BCUT2D eigenvalue weighted by Gasteiger charge is -2.46. The molecule has 0 radical (unpaired) electrons. The van der Waals surface area contributed by atoms with Crippen molar-refractivity contribution in [1.29, 1.82) is 0 Å². The number of hydrogen-bond donors (Lipinski definition) is 2. The van der Waals surface area contributed by atoms with Gasteiger partial charge in [-0.25, -0.2) is 4.68 Å². The second-order valence-electron chi connectivity index (χ2n) is 15.5. The molecule has 3 amide bonds. The van der Waals surface area contributed by atoms with Crippen LogP contribution < -0.4 is 16.2 Å². The Morgan fingerprint density at radius 3 is 2.16 bits per heavy atom. The van der Waals surface area contributed by atoms with Crippen LogP contribution in [0.4, 0.5) is 5.69 Å². The molecule has 7 rings (SSSR count). The van der Waals surface area contributed by atoms with Gasteiger partial charge in [0.1, 0.15) is 0 Å². The lowest BCUT2D eigenvalue weighted by atomic mass is 9.64. The van der Waals surface area contributed by atoms with Gasteiger partial charge in [-0.15, -0.1) is 0 Å². The van der Waals surface area contributed by atoms with E-state index < -0.39 is 0 Å². The number of rotatable bonds is 6. The van der Waals surface area contributed by atoms with E-state index in [-0.39, 0.29) is 35.2 Å². The molecule has 2 aromatic carbocycles. The standard InChI is InChI=1S/C40H50N6O4/c1-26-35(23-41-45(3)38(26)49)42-33-22-32(24-44(2)25-33)28-6-10-31(11-7-28)39(50)46-20-18-40(19-21-46)16-14-29(15-17-40)27-4-8-30(9-5-27)34-12-13-36(47)43-37(34)48/h4-11,23,29,32-34,42H,12-22,24-25H2,1-3H3,(H,43,47,48)/t32-,33+,34?/m0/s1. The zero-order chi connectivity index (χ0) is 35.0. The summed E-state index contributed by atoms with van der Waals surface area (Å²) in [6.45, 7) is 5.29. The number of likely N-dealkylation sites (tertiary alicyclic amines) is 2. The van der Waals surface area contributed by atoms with Crippen LogP contribution in [0.5, 0.6) is 0 Å². The maximum Gasteiger partial charge on any atom is 0.271 e. The number of aromatic nitrogens is 2. The smallest absolute Gasteiger partial charge is 0.271 e. The van der Waals surface area contributed by atoms with Crippen LogP contribution >= 0.6 is 0 Å². The van der Waals surface area contributed by atoms with Crippen LogP contribution in [0.3, 0.4) is 0 Å². The minimum atomic E-state index is -0.237. The van der Waals surface area contributed by atoms with Gasteiger partial charge in [0.15, 0.2) is 0 Å². The van der Waals surface area contributed by atoms with Gasteiger partial charge in [0.2, 0.25) is 11.8 Å². The summed E-state index contributed by atoms with van der Waals surface area (Å²) in [5, 5.41) is 10.2. The molecule has 1 aliphatic carbocycles. The molecule has 3 aromatic rings. The summed E-state index contributed by atoms with van der Waals surface area (Å²) in [4.78, 5) is 54.2. The summed E-state index contributed by atoms with van der Waals surface area (Å²) in [7, 11) is 3.80. The Balaban J connectivity index is 0.901. The fourth-order valence-electron chi connectivity index (χ4n) is 9.02. The lowest BCUT2D eigenvalue weighted by molar-refractivity contribution is -0.134. The third-order valence-corrected chi connectivity index (χ3v) is 12.2. The van der Waals surface area contributed by atoms with Crippen LogP contribution in [0.1, 0.15) is 108 Å². The van der Waals surface area contributed by atoms with Gasteiger partial charge in [0.25, 0.3) is 11.5 Å². The number of piperidine rings is 3. The largest absolute Gasteiger partial charge is 0.379 e. The first kappa shape index (κ1) is 34.2. The molecule has 4 heterocycles. The van der Waals surface area contributed by atoms with Gasteiger partial charge in [-0.3, -0.25) is 24.5 Å². The molecule has 3 atom stereocenters. The highest BCUT2D eigenvalue weighted by Crippen LogP contribution is 2.49. The van der Waals surface area contributed by atoms with Gasteiger partial charge in [-0.2, -0.15) is 5.10 Å². The minimum absolute atomic E-state index is 0.0834. The molecule has 1 spiro atoms. The predicted octanol–water partition coefficient (Wildman–Crippen LogP) is 5.09. The molecule has 1 aromatic heterocycles. The molecule has 1 unspecified atom stereocenters. The number of nitrogens with zero attached hydrogens (tertiary/aromatic N) is 4. The number of aryl methyl sites for hydroxylation is 1. The van der Waals surface area contributed by atoms with Crippen molar-refractivity contribution in [2.24, 2.45) is 12.5 Å². The van der Waals surface area contributed by atoms with E-state index in [9.17, 15) is 19.2 Å². The molecule has 50 heavy (non-hydrogen) atoms. The third-order valence-electron chi connectivity index (χ3n) is 12.2. The summed E-state index contributed by atoms with van der Waals surface area (Å²) in [5.41, 5.74) is 6.04. The molecule has 4 aliphatic rings. The van der Waals surface area contributed by atoms with Gasteiger partial charge in [0.05, 0.1) is 17.8 Å². The highest BCUT2D eigenvalue weighted by Gasteiger charge is 2.39. The lowest BCUT2D eigenvalue weighted by Crippen LogP contribution is -2.44. The van der Waals surface area contributed by atoms with E-state index >= 15 is 0 Å². The second-order valence-corrected chi connectivity index (χ2v) is 15.5. The average Bonchev–Trinajstić information content (AvgIpc) is 3.12. The quantitative estimate of drug-likeness (QED) is 0.349. The Bertz CT molecular complexity index is 1780. The van der Waals surface area contributed by atoms with E-state index in [1.165, 1.54) is 28.7 Å². The number of imide groups is 1. The number of benzene rings is 2. The average molecular weight is 679 g/mol. The van der Waals surface area contributed by atoms with Crippen molar-refractivity contribution in [3.05, 3.63) is 92.9 Å². The third kappa shape index (κ3) is 7.13. The number of carbonyl (C=O) groups excluding carboxylic acids is 3. The fourth-order valence-corrected chi connectivity index (χ4v) is 9.02. The molecule has 2 N–H and O–H groups in total. The second kappa shape index (κ2) is 14.1. The van der Waals surface area contributed by atoms with Crippen LogP contribution in [0.25, 0.3) is 0 Å². The van der Waals surface area contributed by atoms with Crippen molar-refractivity contribution in [3.63, 3.8) is 0 Å². The number of anilines is 1. The van der Waals surface area contributed by atoms with Crippen LogP contribution in [0.2, 0.25) is 0 Å². The van der Waals surface area contributed by atoms with Crippen molar-refractivity contribution in [2.75, 3.05) is 38.5 Å². The number of likely N-dealkylation sites (N-methyl/N-ethyl adjacent to an activating group) is 1. The molecule has 10 heteroatoms. The molecule has 4 fully saturated rings. The molecule has 1 saturated carbocycles. The maximum atomic E-state index is 13.6. The van der Waals surface area contributed by atoms with Gasteiger partial charge in [-0.05, 0) is 111 Å². The van der Waals surface area contributed by atoms with E-state index in [0.717, 1.165) is 75.1 Å². The maximum absolute atomic E-state index is 13.6. The Labute approximate surface area is 294 Å². The summed E-state index contributed by atoms with van der Waals surface area (Å²) in [6, 6.07) is 17.0. The molecular formula is C40H50N6O4. The first-order valence-corrected chi connectivity index (χ1v) is 18.4. The zero-order valence-electron chi connectivity index (χ0n) is 29.6. The Kier molecular flexibility index (Phi) is 9.65. The minimum Gasteiger partial charge on any atom is -0.379 e. The highest BCUT2D eigenvalue weighted by atomic mass is 16.2. The van der Waals surface area contributed by atoms with Gasteiger partial charge >= 0.3 is 0 Å². The first-order valence-electron chi connectivity index (χ1n) is 18.4. The Morgan fingerprint density at radius 1 is 0.840 bits per heavy atom. The van der Waals surface area contributed by atoms with E-state index in [1.807, 2.05) is 19.1 Å². The zero-order valence-corrected chi connectivity index (χ0v) is 29.6. The van der Waals surface area contributed by atoms with Crippen molar-refractivity contribution in [3.8, 4) is 0 Å². The Morgan fingerprint density at radius 2 is 1.48 bits per heavy atom. The molecule has 3 saturated heterocycles. The summed E-state index contributed by atoms with van der Waals surface area (Å²) in [5.74, 6) is 0.382. The number of amides is 3. The summed E-state index contributed by atoms with van der Waals surface area (Å²) >= 11 is 0. The molecular weight excluding hydrogens is 628 g/mol. The van der Waals surface area contributed by atoms with Crippen LogP contribution in [0.15, 0.2) is 59.5 Å².